The number of nitrogens with two attached hydrogens (primary N) is 1. The number of aryl methyl sites for hydroxylation is 1. The van der Waals surface area contributed by atoms with Crippen LogP contribution in [0.5, 0.6) is 0 Å². The van der Waals surface area contributed by atoms with Crippen LogP contribution in [0.2, 0.25) is 0 Å². The Morgan fingerprint density at radius 3 is 2.57 bits per heavy atom. The second kappa shape index (κ2) is 13.4. The number of hydrogen-bond acceptors (Lipinski definition) is 8. The summed E-state index contributed by atoms with van der Waals surface area (Å²) in [6.07, 6.45) is 5.74. The second-order valence-corrected chi connectivity index (χ2v) is 13.9. The molecule has 0 spiro atoms. The van der Waals surface area contributed by atoms with Gasteiger partial charge in [0.2, 0.25) is 0 Å². The van der Waals surface area contributed by atoms with Gasteiger partial charge in [-0.15, -0.1) is 0 Å². The van der Waals surface area contributed by atoms with Crippen LogP contribution in [0.15, 0.2) is 53.7 Å². The maximum absolute atomic E-state index is 13.6. The molecule has 4 N–H and O–H groups in total. The van der Waals surface area contributed by atoms with Crippen LogP contribution < -0.4 is 20.7 Å². The van der Waals surface area contributed by atoms with Gasteiger partial charge in [0.1, 0.15) is 16.7 Å². The summed E-state index contributed by atoms with van der Waals surface area (Å²) < 4.78 is 3.02. The highest BCUT2D eigenvalue weighted by molar-refractivity contribution is 7.97. The number of nitrogens with one attached hydrogen (secondary N) is 2. The maximum atomic E-state index is 13.6. The van der Waals surface area contributed by atoms with Crippen LogP contribution in [0.3, 0.4) is 0 Å². The van der Waals surface area contributed by atoms with Crippen molar-refractivity contribution in [2.24, 2.45) is 11.7 Å². The summed E-state index contributed by atoms with van der Waals surface area (Å²) in [5, 5.41) is 4.21. The molecule has 0 aliphatic carbocycles. The third kappa shape index (κ3) is 7.81. The molecule has 2 atom stereocenters. The monoisotopic (exact) mass is 589 g/mol. The number of rotatable bonds is 11. The average Bonchev–Trinajstić information content (AvgIpc) is 3.24. The van der Waals surface area contributed by atoms with Gasteiger partial charge in [0.05, 0.1) is 17.3 Å². The van der Waals surface area contributed by atoms with E-state index in [4.69, 9.17) is 15.7 Å². The molecule has 1 amide bonds. The fraction of sp³-hybridized carbons (Fsp3) is 0.515. The predicted octanol–water partition coefficient (Wildman–Crippen LogP) is 6.69. The van der Waals surface area contributed by atoms with Gasteiger partial charge in [0.25, 0.3) is 5.91 Å². The smallest absolute Gasteiger partial charge is 0.265 e. The lowest BCUT2D eigenvalue weighted by atomic mass is 9.91. The van der Waals surface area contributed by atoms with E-state index < -0.39 is 0 Å². The molecule has 0 saturated carbocycles. The largest absolute Gasteiger partial charge is 0.362 e. The molecule has 42 heavy (non-hydrogen) atoms. The summed E-state index contributed by atoms with van der Waals surface area (Å²) in [7, 11) is 0. The zero-order valence-electron chi connectivity index (χ0n) is 26.2. The lowest BCUT2D eigenvalue weighted by Gasteiger charge is -2.34. The number of carbonyl (C=O) groups excluding carboxylic acids is 1. The molecule has 1 aliphatic heterocycles. The Morgan fingerprint density at radius 2 is 1.95 bits per heavy atom. The number of nitrogens with zero attached hydrogens (tertiary/aromatic N) is 4. The number of anilines is 2. The minimum atomic E-state index is -0.177. The SMILES string of the molecule is CCC(Nc1cccc(SNC(=O)c2ccc(C(C)(C)C)nc2N2CC(C)CC2(C)C)n1)c1ccc(CCCN)cn1. The van der Waals surface area contributed by atoms with Crippen LogP contribution in [-0.2, 0) is 11.8 Å². The van der Waals surface area contributed by atoms with Crippen LogP contribution in [0.25, 0.3) is 0 Å². The molecule has 226 valence electrons. The van der Waals surface area contributed by atoms with E-state index in [9.17, 15) is 4.79 Å². The van der Waals surface area contributed by atoms with Crippen molar-refractivity contribution in [2.45, 2.75) is 96.2 Å². The molecule has 3 aromatic rings. The van der Waals surface area contributed by atoms with Crippen molar-refractivity contribution < 1.29 is 4.79 Å². The minimum Gasteiger partial charge on any atom is -0.362 e. The Bertz CT molecular complexity index is 1350. The van der Waals surface area contributed by atoms with E-state index in [1.54, 1.807) is 0 Å². The van der Waals surface area contributed by atoms with Gasteiger partial charge in [-0.2, -0.15) is 0 Å². The van der Waals surface area contributed by atoms with Crippen LogP contribution in [0.4, 0.5) is 11.6 Å². The first-order valence-corrected chi connectivity index (χ1v) is 15.9. The van der Waals surface area contributed by atoms with Gasteiger partial charge in [-0.05, 0) is 87.9 Å². The number of aromatic nitrogens is 3. The minimum absolute atomic E-state index is 0.0251. The van der Waals surface area contributed by atoms with Crippen molar-refractivity contribution in [3.05, 3.63) is 71.2 Å². The molecule has 4 heterocycles. The van der Waals surface area contributed by atoms with E-state index in [0.29, 0.717) is 23.1 Å². The lowest BCUT2D eigenvalue weighted by Crippen LogP contribution is -2.40. The number of hydrogen-bond donors (Lipinski definition) is 3. The first-order chi connectivity index (χ1) is 19.9. The molecule has 4 rings (SSSR count). The van der Waals surface area contributed by atoms with E-state index >= 15 is 0 Å². The Kier molecular flexibility index (Phi) is 10.1. The molecule has 3 aromatic heterocycles. The molecule has 9 heteroatoms. The number of amides is 1. The van der Waals surface area contributed by atoms with Crippen LogP contribution >= 0.6 is 11.9 Å². The third-order valence-electron chi connectivity index (χ3n) is 7.79. The lowest BCUT2D eigenvalue weighted by molar-refractivity contribution is 0.0984. The molecule has 0 aromatic carbocycles. The van der Waals surface area contributed by atoms with Crippen LogP contribution in [0.1, 0.15) is 101 Å². The molecular formula is C33H47N7OS. The Hall–Kier alpha value is -3.17. The molecule has 1 saturated heterocycles. The summed E-state index contributed by atoms with van der Waals surface area (Å²) in [6.45, 7) is 16.9. The van der Waals surface area contributed by atoms with Gasteiger partial charge in [0, 0.05) is 41.3 Å². The second-order valence-electron chi connectivity index (χ2n) is 13.0. The Balaban J connectivity index is 1.48. The van der Waals surface area contributed by atoms with Crippen LogP contribution in [0, 0.1) is 5.92 Å². The van der Waals surface area contributed by atoms with Crippen molar-refractivity contribution in [1.29, 1.82) is 0 Å². The topological polar surface area (TPSA) is 109 Å². The number of pyridine rings is 3. The van der Waals surface area contributed by atoms with Gasteiger partial charge < -0.3 is 16.0 Å². The molecule has 1 aliphatic rings. The highest BCUT2D eigenvalue weighted by Gasteiger charge is 2.39. The molecule has 2 unspecified atom stereocenters. The molecule has 0 bridgehead atoms. The van der Waals surface area contributed by atoms with Gasteiger partial charge in [-0.1, -0.05) is 46.8 Å². The highest BCUT2D eigenvalue weighted by Crippen LogP contribution is 2.38. The van der Waals surface area contributed by atoms with Crippen molar-refractivity contribution in [2.75, 3.05) is 23.3 Å². The summed E-state index contributed by atoms with van der Waals surface area (Å²) in [5.41, 5.74) is 9.16. The van der Waals surface area contributed by atoms with Crippen molar-refractivity contribution in [1.82, 2.24) is 19.7 Å². The van der Waals surface area contributed by atoms with Gasteiger partial charge in [-0.3, -0.25) is 14.5 Å². The summed E-state index contributed by atoms with van der Waals surface area (Å²) >= 11 is 1.22. The normalized spacial score (nSPS) is 17.2. The van der Waals surface area contributed by atoms with Crippen LogP contribution in [-0.4, -0.2) is 39.5 Å². The maximum Gasteiger partial charge on any atom is 0.265 e. The quantitative estimate of drug-likeness (QED) is 0.212. The van der Waals surface area contributed by atoms with E-state index in [2.05, 4.69) is 80.5 Å². The van der Waals surface area contributed by atoms with Gasteiger partial charge in [-0.25, -0.2) is 9.97 Å². The molecule has 1 fully saturated rings. The first-order valence-electron chi connectivity index (χ1n) is 15.1. The predicted molar refractivity (Wildman–Crippen MR) is 174 cm³/mol. The zero-order chi connectivity index (χ0) is 30.5. The van der Waals surface area contributed by atoms with E-state index in [1.165, 1.54) is 17.5 Å². The zero-order valence-corrected chi connectivity index (χ0v) is 27.0. The fourth-order valence-electron chi connectivity index (χ4n) is 5.57. The molecule has 8 nitrogen and oxygen atoms in total. The van der Waals surface area contributed by atoms with Crippen molar-refractivity contribution in [3.63, 3.8) is 0 Å². The van der Waals surface area contributed by atoms with Crippen molar-refractivity contribution in [3.8, 4) is 0 Å². The summed E-state index contributed by atoms with van der Waals surface area (Å²) in [5.74, 6) is 1.84. The fourth-order valence-corrected chi connectivity index (χ4v) is 6.17. The standard InChI is InChI=1S/C33H47N7OS/c1-8-25(26-16-14-23(20-35-26)11-10-18-34)36-28-12-9-13-29(38-28)42-39-31(41)24-15-17-27(32(3,4)5)37-30(24)40-21-22(2)19-33(40,6)7/h9,12-17,20,22,25H,8,10-11,18-19,21,34H2,1-7H3,(H,36,38)(H,39,41). The Morgan fingerprint density at radius 1 is 1.17 bits per heavy atom. The molecular weight excluding hydrogens is 542 g/mol. The summed E-state index contributed by atoms with van der Waals surface area (Å²) in [4.78, 5) is 30.4. The third-order valence-corrected chi connectivity index (χ3v) is 8.52. The molecule has 0 radical (unpaired) electrons. The van der Waals surface area contributed by atoms with Gasteiger partial charge >= 0.3 is 0 Å². The highest BCUT2D eigenvalue weighted by atomic mass is 32.2. The first kappa shape index (κ1) is 31.8. The number of carbonyl (C=O) groups is 1. The average molecular weight is 590 g/mol. The van der Waals surface area contributed by atoms with E-state index in [0.717, 1.165) is 55.3 Å². The van der Waals surface area contributed by atoms with Gasteiger partial charge in [0.15, 0.2) is 0 Å². The van der Waals surface area contributed by atoms with Crippen molar-refractivity contribution >= 4 is 29.5 Å². The summed E-state index contributed by atoms with van der Waals surface area (Å²) in [6, 6.07) is 13.9. The van der Waals surface area contributed by atoms with E-state index in [1.807, 2.05) is 36.5 Å². The Labute approximate surface area is 255 Å². The van der Waals surface area contributed by atoms with E-state index in [-0.39, 0.29) is 22.9 Å².